The standard InChI is InChI=1S/C8H10ClN3/c9-6-7-2-3-8(11-10-7)12-4-1-5-12/h2-3H,1,4-6H2. The van der Waals surface area contributed by atoms with E-state index in [4.69, 9.17) is 11.6 Å². The number of alkyl halides is 1. The molecule has 1 aliphatic heterocycles. The first-order chi connectivity index (χ1) is 5.90. The molecule has 3 nitrogen and oxygen atoms in total. The first kappa shape index (κ1) is 7.80. The Morgan fingerprint density at radius 1 is 1.33 bits per heavy atom. The van der Waals surface area contributed by atoms with Crippen LogP contribution in [0.15, 0.2) is 12.1 Å². The SMILES string of the molecule is ClCc1ccc(N2CCC2)nn1. The fourth-order valence-corrected chi connectivity index (χ4v) is 1.28. The predicted molar refractivity (Wildman–Crippen MR) is 48.4 cm³/mol. The molecular weight excluding hydrogens is 174 g/mol. The maximum absolute atomic E-state index is 5.59. The molecule has 0 atom stereocenters. The number of nitrogens with zero attached hydrogens (tertiary/aromatic N) is 3. The lowest BCUT2D eigenvalue weighted by Gasteiger charge is -2.31. The van der Waals surface area contributed by atoms with Crippen molar-refractivity contribution in [3.05, 3.63) is 17.8 Å². The highest BCUT2D eigenvalue weighted by atomic mass is 35.5. The van der Waals surface area contributed by atoms with E-state index in [0.29, 0.717) is 5.88 Å². The third kappa shape index (κ3) is 1.37. The van der Waals surface area contributed by atoms with Crippen LogP contribution in [0.25, 0.3) is 0 Å². The Balaban J connectivity index is 2.13. The van der Waals surface area contributed by atoms with Crippen LogP contribution < -0.4 is 4.90 Å². The maximum Gasteiger partial charge on any atom is 0.151 e. The van der Waals surface area contributed by atoms with Crippen molar-refractivity contribution in [3.63, 3.8) is 0 Å². The van der Waals surface area contributed by atoms with Crippen LogP contribution in [0.2, 0.25) is 0 Å². The van der Waals surface area contributed by atoms with Gasteiger partial charge in [-0.05, 0) is 18.6 Å². The second kappa shape index (κ2) is 3.27. The van der Waals surface area contributed by atoms with Crippen molar-refractivity contribution in [1.82, 2.24) is 10.2 Å². The summed E-state index contributed by atoms with van der Waals surface area (Å²) in [5.41, 5.74) is 0.834. The third-order valence-electron chi connectivity index (χ3n) is 2.02. The molecule has 12 heavy (non-hydrogen) atoms. The molecule has 0 bridgehead atoms. The van der Waals surface area contributed by atoms with E-state index in [1.165, 1.54) is 6.42 Å². The molecular formula is C8H10ClN3. The van der Waals surface area contributed by atoms with Gasteiger partial charge in [0.15, 0.2) is 5.82 Å². The molecule has 0 radical (unpaired) electrons. The zero-order valence-electron chi connectivity index (χ0n) is 6.70. The summed E-state index contributed by atoms with van der Waals surface area (Å²) in [4.78, 5) is 2.20. The van der Waals surface area contributed by atoms with E-state index in [-0.39, 0.29) is 0 Å². The molecule has 1 aromatic heterocycles. The number of rotatable bonds is 2. The van der Waals surface area contributed by atoms with Gasteiger partial charge >= 0.3 is 0 Å². The van der Waals surface area contributed by atoms with E-state index in [0.717, 1.165) is 24.6 Å². The minimum atomic E-state index is 0.438. The molecule has 0 amide bonds. The Morgan fingerprint density at radius 2 is 2.17 bits per heavy atom. The zero-order valence-corrected chi connectivity index (χ0v) is 7.46. The predicted octanol–water partition coefficient (Wildman–Crippen LogP) is 1.43. The zero-order chi connectivity index (χ0) is 8.39. The number of halogens is 1. The monoisotopic (exact) mass is 183 g/mol. The molecule has 1 saturated heterocycles. The van der Waals surface area contributed by atoms with Gasteiger partial charge < -0.3 is 4.90 Å². The van der Waals surface area contributed by atoms with Gasteiger partial charge in [-0.3, -0.25) is 0 Å². The maximum atomic E-state index is 5.59. The van der Waals surface area contributed by atoms with Crippen LogP contribution in [0.1, 0.15) is 12.1 Å². The van der Waals surface area contributed by atoms with E-state index >= 15 is 0 Å². The van der Waals surface area contributed by atoms with Crippen LogP contribution in [0.4, 0.5) is 5.82 Å². The van der Waals surface area contributed by atoms with Crippen LogP contribution in [0.3, 0.4) is 0 Å². The Bertz CT molecular complexity index is 256. The van der Waals surface area contributed by atoms with Crippen LogP contribution in [-0.4, -0.2) is 23.3 Å². The highest BCUT2D eigenvalue weighted by Gasteiger charge is 2.15. The van der Waals surface area contributed by atoms with Crippen LogP contribution in [-0.2, 0) is 5.88 Å². The Morgan fingerprint density at radius 3 is 2.58 bits per heavy atom. The molecule has 0 saturated carbocycles. The van der Waals surface area contributed by atoms with Crippen molar-refractivity contribution in [2.75, 3.05) is 18.0 Å². The molecule has 0 aliphatic carbocycles. The van der Waals surface area contributed by atoms with Gasteiger partial charge in [-0.25, -0.2) is 0 Å². The van der Waals surface area contributed by atoms with E-state index < -0.39 is 0 Å². The van der Waals surface area contributed by atoms with Gasteiger partial charge in [-0.2, -0.15) is 5.10 Å². The second-order valence-electron chi connectivity index (χ2n) is 2.86. The summed E-state index contributed by atoms with van der Waals surface area (Å²) in [5, 5.41) is 8.04. The normalized spacial score (nSPS) is 15.9. The third-order valence-corrected chi connectivity index (χ3v) is 2.30. The number of hydrogen-bond donors (Lipinski definition) is 0. The molecule has 1 fully saturated rings. The minimum Gasteiger partial charge on any atom is -0.355 e. The summed E-state index contributed by atoms with van der Waals surface area (Å²) < 4.78 is 0. The van der Waals surface area contributed by atoms with Gasteiger partial charge in [0.25, 0.3) is 0 Å². The number of aromatic nitrogens is 2. The lowest BCUT2D eigenvalue weighted by molar-refractivity contribution is 0.604. The van der Waals surface area contributed by atoms with Gasteiger partial charge in [0.1, 0.15) is 0 Å². The molecule has 2 heterocycles. The highest BCUT2D eigenvalue weighted by molar-refractivity contribution is 6.16. The van der Waals surface area contributed by atoms with Crippen molar-refractivity contribution in [3.8, 4) is 0 Å². The topological polar surface area (TPSA) is 29.0 Å². The van der Waals surface area contributed by atoms with Gasteiger partial charge in [0, 0.05) is 13.1 Å². The number of anilines is 1. The van der Waals surface area contributed by atoms with Crippen molar-refractivity contribution in [2.45, 2.75) is 12.3 Å². The highest BCUT2D eigenvalue weighted by Crippen LogP contribution is 2.16. The fourth-order valence-electron chi connectivity index (χ4n) is 1.14. The van der Waals surface area contributed by atoms with Gasteiger partial charge in [0.05, 0.1) is 11.6 Å². The van der Waals surface area contributed by atoms with E-state index in [2.05, 4.69) is 15.1 Å². The lowest BCUT2D eigenvalue weighted by atomic mass is 10.2. The van der Waals surface area contributed by atoms with Crippen molar-refractivity contribution < 1.29 is 0 Å². The fraction of sp³-hybridized carbons (Fsp3) is 0.500. The summed E-state index contributed by atoms with van der Waals surface area (Å²) in [5.74, 6) is 1.41. The average molecular weight is 184 g/mol. The summed E-state index contributed by atoms with van der Waals surface area (Å²) in [6.45, 7) is 2.21. The van der Waals surface area contributed by atoms with Crippen molar-refractivity contribution >= 4 is 17.4 Å². The average Bonchev–Trinajstić information content (AvgIpc) is 2.03. The Kier molecular flexibility index (Phi) is 2.13. The van der Waals surface area contributed by atoms with Gasteiger partial charge in [-0.15, -0.1) is 16.7 Å². The second-order valence-corrected chi connectivity index (χ2v) is 3.12. The molecule has 0 N–H and O–H groups in total. The summed E-state index contributed by atoms with van der Waals surface area (Å²) in [6, 6.07) is 3.90. The van der Waals surface area contributed by atoms with Crippen LogP contribution in [0, 0.1) is 0 Å². The van der Waals surface area contributed by atoms with Crippen molar-refractivity contribution in [2.24, 2.45) is 0 Å². The molecule has 2 rings (SSSR count). The summed E-state index contributed by atoms with van der Waals surface area (Å²) >= 11 is 5.59. The molecule has 64 valence electrons. The first-order valence-electron chi connectivity index (χ1n) is 4.03. The number of hydrogen-bond acceptors (Lipinski definition) is 3. The van der Waals surface area contributed by atoms with E-state index in [1.54, 1.807) is 0 Å². The lowest BCUT2D eigenvalue weighted by Crippen LogP contribution is -2.37. The quantitative estimate of drug-likeness (QED) is 0.650. The molecule has 0 aromatic carbocycles. The van der Waals surface area contributed by atoms with Crippen LogP contribution in [0.5, 0.6) is 0 Å². The summed E-state index contributed by atoms with van der Waals surface area (Å²) in [7, 11) is 0. The summed E-state index contributed by atoms with van der Waals surface area (Å²) in [6.07, 6.45) is 1.26. The first-order valence-corrected chi connectivity index (χ1v) is 4.57. The molecule has 0 unspecified atom stereocenters. The Labute approximate surface area is 76.4 Å². The largest absolute Gasteiger partial charge is 0.355 e. The van der Waals surface area contributed by atoms with Gasteiger partial charge in [0.2, 0.25) is 0 Å². The Hall–Kier alpha value is -0.830. The molecule has 1 aliphatic rings. The van der Waals surface area contributed by atoms with Crippen LogP contribution >= 0.6 is 11.6 Å². The minimum absolute atomic E-state index is 0.438. The van der Waals surface area contributed by atoms with Gasteiger partial charge in [-0.1, -0.05) is 0 Å². The molecule has 0 spiro atoms. The molecule has 1 aromatic rings. The van der Waals surface area contributed by atoms with E-state index in [9.17, 15) is 0 Å². The van der Waals surface area contributed by atoms with Crippen molar-refractivity contribution in [1.29, 1.82) is 0 Å². The molecule has 4 heteroatoms. The smallest absolute Gasteiger partial charge is 0.151 e. The van der Waals surface area contributed by atoms with E-state index in [1.807, 2.05) is 12.1 Å².